The molecule has 0 saturated heterocycles. The number of hydrogen-bond acceptors (Lipinski definition) is 4. The number of carbonyl (C=O) groups excluding carboxylic acids is 1. The quantitative estimate of drug-likeness (QED) is 0.483. The van der Waals surface area contributed by atoms with E-state index >= 15 is 0 Å². The highest BCUT2D eigenvalue weighted by molar-refractivity contribution is 6.08. The van der Waals surface area contributed by atoms with Gasteiger partial charge in [0.25, 0.3) is 11.5 Å². The molecule has 4 aromatic rings. The number of pyridine rings is 1. The van der Waals surface area contributed by atoms with Crippen molar-refractivity contribution in [3.05, 3.63) is 99.8 Å². The fourth-order valence-electron chi connectivity index (χ4n) is 3.80. The number of fused-ring (bicyclic) bond motifs is 1. The molecule has 0 fully saturated rings. The number of aryl methyl sites for hydroxylation is 1. The van der Waals surface area contributed by atoms with Crippen molar-refractivity contribution in [2.75, 3.05) is 19.1 Å². The van der Waals surface area contributed by atoms with Crippen molar-refractivity contribution in [2.24, 2.45) is 0 Å². The van der Waals surface area contributed by atoms with Crippen molar-refractivity contribution in [3.8, 4) is 11.5 Å². The zero-order valence-corrected chi connectivity index (χ0v) is 18.2. The molecule has 4 rings (SSSR count). The first-order chi connectivity index (χ1) is 15.5. The van der Waals surface area contributed by atoms with Gasteiger partial charge in [0.15, 0.2) is 0 Å². The van der Waals surface area contributed by atoms with Crippen LogP contribution >= 0.6 is 0 Å². The molecule has 0 aliphatic carbocycles. The number of hydrogen-bond donors (Lipinski definition) is 1. The molecule has 0 radical (unpaired) electrons. The lowest BCUT2D eigenvalue weighted by Crippen LogP contribution is -2.33. The molecule has 1 aromatic heterocycles. The smallest absolute Gasteiger partial charge is 0.262 e. The number of benzene rings is 3. The molecule has 0 spiro atoms. The van der Waals surface area contributed by atoms with Crippen LogP contribution in [0.2, 0.25) is 0 Å². The van der Waals surface area contributed by atoms with Gasteiger partial charge in [-0.3, -0.25) is 9.59 Å². The van der Waals surface area contributed by atoms with E-state index in [0.29, 0.717) is 28.3 Å². The number of nitrogens with one attached hydrogen (secondary N) is 1. The Morgan fingerprint density at radius 3 is 2.34 bits per heavy atom. The molecule has 1 amide bonds. The van der Waals surface area contributed by atoms with Gasteiger partial charge in [-0.2, -0.15) is 0 Å². The zero-order chi connectivity index (χ0) is 22.7. The van der Waals surface area contributed by atoms with Gasteiger partial charge in [-0.05, 0) is 48.2 Å². The van der Waals surface area contributed by atoms with E-state index in [-0.39, 0.29) is 18.0 Å². The molecule has 1 heterocycles. The highest BCUT2D eigenvalue weighted by atomic mass is 16.5. The first kappa shape index (κ1) is 21.2. The van der Waals surface area contributed by atoms with Gasteiger partial charge in [0.05, 0.1) is 37.5 Å². The van der Waals surface area contributed by atoms with Crippen LogP contribution in [0.1, 0.15) is 21.5 Å². The molecule has 162 valence electrons. The van der Waals surface area contributed by atoms with Gasteiger partial charge in [0.2, 0.25) is 0 Å². The van der Waals surface area contributed by atoms with Crippen molar-refractivity contribution in [1.29, 1.82) is 0 Å². The van der Waals surface area contributed by atoms with Crippen LogP contribution in [0.15, 0.2) is 77.6 Å². The minimum Gasteiger partial charge on any atom is -0.496 e. The lowest BCUT2D eigenvalue weighted by atomic mass is 10.1. The summed E-state index contributed by atoms with van der Waals surface area (Å²) in [7, 11) is 3.08. The summed E-state index contributed by atoms with van der Waals surface area (Å²) >= 11 is 0. The van der Waals surface area contributed by atoms with Gasteiger partial charge in [0, 0.05) is 5.56 Å². The van der Waals surface area contributed by atoms with Gasteiger partial charge < -0.3 is 19.4 Å². The van der Waals surface area contributed by atoms with E-state index in [1.54, 1.807) is 48.4 Å². The summed E-state index contributed by atoms with van der Waals surface area (Å²) in [5.41, 5.74) is 2.97. The lowest BCUT2D eigenvalue weighted by molar-refractivity contribution is 0.0981. The fraction of sp³-hybridized carbons (Fsp3) is 0.154. The number of methoxy groups -OCH3 is 2. The molecule has 0 atom stereocenters. The van der Waals surface area contributed by atoms with E-state index in [2.05, 4.69) is 4.98 Å². The first-order valence-electron chi connectivity index (χ1n) is 10.2. The second-order valence-corrected chi connectivity index (χ2v) is 7.43. The zero-order valence-electron chi connectivity index (χ0n) is 18.2. The summed E-state index contributed by atoms with van der Waals surface area (Å²) in [5, 5.41) is 0.907. The van der Waals surface area contributed by atoms with Crippen LogP contribution in [0.25, 0.3) is 10.9 Å². The summed E-state index contributed by atoms with van der Waals surface area (Å²) < 4.78 is 10.9. The third-order valence-electron chi connectivity index (χ3n) is 5.45. The van der Waals surface area contributed by atoms with Crippen LogP contribution < -0.4 is 19.9 Å². The predicted molar refractivity (Wildman–Crippen MR) is 126 cm³/mol. The van der Waals surface area contributed by atoms with Crippen LogP contribution in [0.5, 0.6) is 11.5 Å². The minimum atomic E-state index is -0.296. The van der Waals surface area contributed by atoms with Crippen LogP contribution in [0.3, 0.4) is 0 Å². The van der Waals surface area contributed by atoms with Gasteiger partial charge >= 0.3 is 0 Å². The van der Waals surface area contributed by atoms with Gasteiger partial charge in [0.1, 0.15) is 11.5 Å². The Bertz CT molecular complexity index is 1340. The first-order valence-corrected chi connectivity index (χ1v) is 10.2. The standard InChI is InChI=1S/C26H24N2O4/c1-17-9-8-10-18-15-19(25(29)27-24(17)18)16-28(21-12-5-7-14-23(21)32-3)26(30)20-11-4-6-13-22(20)31-2/h4-15H,16H2,1-3H3,(H,27,29). The van der Waals surface area contributed by atoms with Crippen LogP contribution in [0, 0.1) is 6.92 Å². The van der Waals surface area contributed by atoms with Crippen molar-refractivity contribution in [3.63, 3.8) is 0 Å². The molecule has 6 nitrogen and oxygen atoms in total. The number of para-hydroxylation sites is 4. The number of nitrogens with zero attached hydrogens (tertiary/aromatic N) is 1. The summed E-state index contributed by atoms with van der Waals surface area (Å²) in [6, 6.07) is 21.9. The monoisotopic (exact) mass is 428 g/mol. The molecular formula is C26H24N2O4. The Labute approximate surface area is 186 Å². The topological polar surface area (TPSA) is 71.6 Å². The largest absolute Gasteiger partial charge is 0.496 e. The number of ether oxygens (including phenoxy) is 2. The van der Waals surface area contributed by atoms with E-state index in [0.717, 1.165) is 16.5 Å². The van der Waals surface area contributed by atoms with E-state index in [1.807, 2.05) is 43.3 Å². The third-order valence-corrected chi connectivity index (χ3v) is 5.45. The van der Waals surface area contributed by atoms with Gasteiger partial charge in [-0.25, -0.2) is 0 Å². The molecule has 0 unspecified atom stereocenters. The molecule has 0 bridgehead atoms. The van der Waals surface area contributed by atoms with E-state index in [4.69, 9.17) is 9.47 Å². The fourth-order valence-corrected chi connectivity index (χ4v) is 3.80. The van der Waals surface area contributed by atoms with E-state index in [1.165, 1.54) is 7.11 Å². The van der Waals surface area contributed by atoms with E-state index < -0.39 is 0 Å². The minimum absolute atomic E-state index is 0.0659. The number of amides is 1. The average Bonchev–Trinajstić information content (AvgIpc) is 2.83. The second-order valence-electron chi connectivity index (χ2n) is 7.43. The maximum Gasteiger partial charge on any atom is 0.262 e. The van der Waals surface area contributed by atoms with Crippen LogP contribution in [-0.2, 0) is 6.54 Å². The Kier molecular flexibility index (Phi) is 5.94. The summed E-state index contributed by atoms with van der Waals surface area (Å²) in [5.74, 6) is 0.694. The summed E-state index contributed by atoms with van der Waals surface area (Å²) in [6.45, 7) is 2.01. The molecular weight excluding hydrogens is 404 g/mol. The highest BCUT2D eigenvalue weighted by Crippen LogP contribution is 2.32. The Morgan fingerprint density at radius 1 is 0.906 bits per heavy atom. The highest BCUT2D eigenvalue weighted by Gasteiger charge is 2.25. The summed E-state index contributed by atoms with van der Waals surface area (Å²) in [4.78, 5) is 31.2. The molecule has 32 heavy (non-hydrogen) atoms. The molecule has 0 aliphatic rings. The van der Waals surface area contributed by atoms with Crippen molar-refractivity contribution >= 4 is 22.5 Å². The van der Waals surface area contributed by atoms with Gasteiger partial charge in [-0.1, -0.05) is 42.5 Å². The van der Waals surface area contributed by atoms with Crippen LogP contribution in [-0.4, -0.2) is 25.1 Å². The van der Waals surface area contributed by atoms with Crippen molar-refractivity contribution in [1.82, 2.24) is 4.98 Å². The number of carbonyl (C=O) groups is 1. The molecule has 6 heteroatoms. The Morgan fingerprint density at radius 2 is 1.59 bits per heavy atom. The number of aromatic nitrogens is 1. The second kappa shape index (κ2) is 8.98. The average molecular weight is 428 g/mol. The maximum atomic E-state index is 13.7. The molecule has 3 aromatic carbocycles. The van der Waals surface area contributed by atoms with E-state index in [9.17, 15) is 9.59 Å². The summed E-state index contributed by atoms with van der Waals surface area (Å²) in [6.07, 6.45) is 0. The lowest BCUT2D eigenvalue weighted by Gasteiger charge is -2.25. The van der Waals surface area contributed by atoms with Crippen molar-refractivity contribution < 1.29 is 14.3 Å². The third kappa shape index (κ3) is 3.95. The normalized spacial score (nSPS) is 10.7. The molecule has 1 N–H and O–H groups in total. The maximum absolute atomic E-state index is 13.7. The number of rotatable bonds is 6. The van der Waals surface area contributed by atoms with Gasteiger partial charge in [-0.15, -0.1) is 0 Å². The predicted octanol–water partition coefficient (Wildman–Crippen LogP) is 4.70. The van der Waals surface area contributed by atoms with Crippen molar-refractivity contribution in [2.45, 2.75) is 13.5 Å². The van der Waals surface area contributed by atoms with Crippen LogP contribution in [0.4, 0.5) is 5.69 Å². The molecule has 0 saturated carbocycles. The molecule has 0 aliphatic heterocycles. The number of H-pyrrole nitrogens is 1. The number of aromatic amines is 1. The SMILES string of the molecule is COc1ccccc1C(=O)N(Cc1cc2cccc(C)c2[nH]c1=O)c1ccccc1OC. The Hall–Kier alpha value is -4.06. The Balaban J connectivity index is 1.85. The number of anilines is 1.